The first-order chi connectivity index (χ1) is 10.9. The van der Waals surface area contributed by atoms with Crippen LogP contribution in [0.3, 0.4) is 0 Å². The molecule has 120 valence electrons. The molecule has 0 N–H and O–H groups in total. The molecule has 0 radical (unpaired) electrons. The quantitative estimate of drug-likeness (QED) is 0.362. The van der Waals surface area contributed by atoms with Crippen LogP contribution in [0.4, 0.5) is 5.69 Å². The van der Waals surface area contributed by atoms with Crippen molar-refractivity contribution in [2.45, 2.75) is 6.54 Å². The van der Waals surface area contributed by atoms with E-state index in [2.05, 4.69) is 0 Å². The lowest BCUT2D eigenvalue weighted by atomic mass is 10.1. The smallest absolute Gasteiger partial charge is 0.343 e. The highest BCUT2D eigenvalue weighted by molar-refractivity contribution is 6.30. The van der Waals surface area contributed by atoms with Crippen LogP contribution in [-0.2, 0) is 6.54 Å². The first-order valence-electron chi connectivity index (χ1n) is 6.77. The number of rotatable bonds is 5. The van der Waals surface area contributed by atoms with Gasteiger partial charge in [0.2, 0.25) is 0 Å². The highest BCUT2D eigenvalue weighted by Gasteiger charge is 2.21. The first kappa shape index (κ1) is 16.9. The Labute approximate surface area is 138 Å². The van der Waals surface area contributed by atoms with Crippen molar-refractivity contribution < 1.29 is 14.5 Å². The Kier molecular flexibility index (Phi) is 5.31. The fraction of sp³-hybridized carbons (Fsp3) is 0.188. The molecule has 0 atom stereocenters. The zero-order valence-electron chi connectivity index (χ0n) is 12.7. The number of benzene rings is 2. The third-order valence-corrected chi connectivity index (χ3v) is 3.31. The molecule has 0 bridgehead atoms. The van der Waals surface area contributed by atoms with Crippen molar-refractivity contribution in [2.24, 2.45) is 0 Å². The maximum Gasteiger partial charge on any atom is 0.343 e. The highest BCUT2D eigenvalue weighted by atomic mass is 35.5. The second-order valence-electron chi connectivity index (χ2n) is 5.15. The van der Waals surface area contributed by atoms with Crippen molar-refractivity contribution in [3.8, 4) is 5.75 Å². The van der Waals surface area contributed by atoms with Crippen LogP contribution in [-0.4, -0.2) is 29.9 Å². The summed E-state index contributed by atoms with van der Waals surface area (Å²) in [5, 5.41) is 11.7. The molecule has 0 aliphatic heterocycles. The number of carbonyl (C=O) groups is 1. The minimum absolute atomic E-state index is 0.0832. The lowest BCUT2D eigenvalue weighted by Crippen LogP contribution is -2.16. The predicted octanol–water partition coefficient (Wildman–Crippen LogP) is 3.53. The molecule has 2 rings (SSSR count). The van der Waals surface area contributed by atoms with Crippen molar-refractivity contribution in [2.75, 3.05) is 14.1 Å². The van der Waals surface area contributed by atoms with Gasteiger partial charge in [-0.3, -0.25) is 10.1 Å². The van der Waals surface area contributed by atoms with Gasteiger partial charge in [-0.15, -0.1) is 0 Å². The summed E-state index contributed by atoms with van der Waals surface area (Å²) in [4.78, 5) is 24.7. The number of ether oxygens (including phenoxy) is 1. The topological polar surface area (TPSA) is 72.7 Å². The number of esters is 1. The van der Waals surface area contributed by atoms with E-state index in [1.54, 1.807) is 37.2 Å². The largest absolute Gasteiger partial charge is 0.422 e. The Morgan fingerprint density at radius 2 is 1.87 bits per heavy atom. The number of hydrogen-bond donors (Lipinski definition) is 0. The van der Waals surface area contributed by atoms with Gasteiger partial charge in [0.25, 0.3) is 5.69 Å². The van der Waals surface area contributed by atoms with Crippen LogP contribution >= 0.6 is 11.6 Å². The fourth-order valence-electron chi connectivity index (χ4n) is 2.04. The average Bonchev–Trinajstić information content (AvgIpc) is 2.48. The number of nitro groups is 1. The molecule has 0 fully saturated rings. The van der Waals surface area contributed by atoms with E-state index in [4.69, 9.17) is 16.3 Å². The molecular formula is C16H15ClN2O4. The molecule has 0 spiro atoms. The van der Waals surface area contributed by atoms with Crippen LogP contribution in [0.25, 0.3) is 0 Å². The molecule has 0 unspecified atom stereocenters. The van der Waals surface area contributed by atoms with Gasteiger partial charge in [-0.25, -0.2) is 4.79 Å². The van der Waals surface area contributed by atoms with E-state index < -0.39 is 10.9 Å². The van der Waals surface area contributed by atoms with Crippen LogP contribution < -0.4 is 4.74 Å². The Morgan fingerprint density at radius 1 is 1.22 bits per heavy atom. The van der Waals surface area contributed by atoms with Crippen LogP contribution in [0.5, 0.6) is 5.75 Å². The van der Waals surface area contributed by atoms with Gasteiger partial charge in [0.1, 0.15) is 5.75 Å². The Balaban J connectivity index is 2.34. The third kappa shape index (κ3) is 4.28. The summed E-state index contributed by atoms with van der Waals surface area (Å²) in [7, 11) is 3.56. The molecule has 7 heteroatoms. The number of nitro benzene ring substituents is 1. The fourth-order valence-corrected chi connectivity index (χ4v) is 2.17. The van der Waals surface area contributed by atoms with Gasteiger partial charge in [0, 0.05) is 17.6 Å². The standard InChI is InChI=1S/C16H15ClN2O4/c1-18(2)10-13-14(19(21)22)4-3-5-15(13)23-16(20)11-6-8-12(17)9-7-11/h3-9H,10H2,1-2H3. The van der Waals surface area contributed by atoms with Gasteiger partial charge in [0.05, 0.1) is 16.1 Å². The van der Waals surface area contributed by atoms with Crippen molar-refractivity contribution in [3.05, 3.63) is 68.7 Å². The van der Waals surface area contributed by atoms with Gasteiger partial charge in [-0.05, 0) is 44.4 Å². The van der Waals surface area contributed by atoms with Crippen molar-refractivity contribution in [1.29, 1.82) is 0 Å². The summed E-state index contributed by atoms with van der Waals surface area (Å²) in [6, 6.07) is 10.6. The SMILES string of the molecule is CN(C)Cc1c(OC(=O)c2ccc(Cl)cc2)cccc1[N+](=O)[O-]. The van der Waals surface area contributed by atoms with E-state index in [1.807, 2.05) is 0 Å². The molecule has 0 aliphatic carbocycles. The highest BCUT2D eigenvalue weighted by Crippen LogP contribution is 2.30. The Hall–Kier alpha value is -2.44. The summed E-state index contributed by atoms with van der Waals surface area (Å²) in [5.41, 5.74) is 0.585. The lowest BCUT2D eigenvalue weighted by molar-refractivity contribution is -0.385. The maximum absolute atomic E-state index is 12.2. The first-order valence-corrected chi connectivity index (χ1v) is 7.15. The van der Waals surface area contributed by atoms with Crippen LogP contribution in [0, 0.1) is 10.1 Å². The summed E-state index contributed by atoms with van der Waals surface area (Å²) in [5.74, 6) is -0.421. The molecule has 23 heavy (non-hydrogen) atoms. The van der Waals surface area contributed by atoms with Gasteiger partial charge >= 0.3 is 5.97 Å². The summed E-state index contributed by atoms with van der Waals surface area (Å²) >= 11 is 5.78. The van der Waals surface area contributed by atoms with Gasteiger partial charge in [-0.2, -0.15) is 0 Å². The molecule has 0 aliphatic rings. The van der Waals surface area contributed by atoms with Gasteiger partial charge < -0.3 is 9.64 Å². The summed E-state index contributed by atoms with van der Waals surface area (Å²) in [6.07, 6.45) is 0. The normalized spacial score (nSPS) is 10.6. The van der Waals surface area contributed by atoms with Gasteiger partial charge in [0.15, 0.2) is 0 Å². The molecule has 0 aromatic heterocycles. The van der Waals surface area contributed by atoms with Crippen molar-refractivity contribution in [3.63, 3.8) is 0 Å². The van der Waals surface area contributed by atoms with E-state index >= 15 is 0 Å². The Bertz CT molecular complexity index is 729. The van der Waals surface area contributed by atoms with E-state index in [-0.39, 0.29) is 18.0 Å². The number of nitrogens with zero attached hydrogens (tertiary/aromatic N) is 2. The third-order valence-electron chi connectivity index (χ3n) is 3.06. The zero-order valence-corrected chi connectivity index (χ0v) is 13.4. The number of hydrogen-bond acceptors (Lipinski definition) is 5. The monoisotopic (exact) mass is 334 g/mol. The van der Waals surface area contributed by atoms with E-state index in [0.29, 0.717) is 16.1 Å². The van der Waals surface area contributed by atoms with E-state index in [0.717, 1.165) is 0 Å². The number of halogens is 1. The van der Waals surface area contributed by atoms with Gasteiger partial charge in [-0.1, -0.05) is 17.7 Å². The zero-order chi connectivity index (χ0) is 17.0. The summed E-state index contributed by atoms with van der Waals surface area (Å²) in [6.45, 7) is 0.278. The Morgan fingerprint density at radius 3 is 2.43 bits per heavy atom. The lowest BCUT2D eigenvalue weighted by Gasteiger charge is -2.14. The minimum Gasteiger partial charge on any atom is -0.422 e. The second-order valence-corrected chi connectivity index (χ2v) is 5.58. The molecular weight excluding hydrogens is 320 g/mol. The van der Waals surface area contributed by atoms with E-state index in [1.165, 1.54) is 24.3 Å². The maximum atomic E-state index is 12.2. The van der Waals surface area contributed by atoms with E-state index in [9.17, 15) is 14.9 Å². The van der Waals surface area contributed by atoms with Crippen LogP contribution in [0.15, 0.2) is 42.5 Å². The average molecular weight is 335 g/mol. The molecule has 0 heterocycles. The van der Waals surface area contributed by atoms with Crippen LogP contribution in [0.2, 0.25) is 5.02 Å². The molecule has 2 aromatic carbocycles. The molecule has 0 saturated carbocycles. The molecule has 0 saturated heterocycles. The van der Waals surface area contributed by atoms with Crippen LogP contribution in [0.1, 0.15) is 15.9 Å². The van der Waals surface area contributed by atoms with Crippen molar-refractivity contribution >= 4 is 23.3 Å². The van der Waals surface area contributed by atoms with Crippen molar-refractivity contribution in [1.82, 2.24) is 4.90 Å². The molecule has 6 nitrogen and oxygen atoms in total. The second kappa shape index (κ2) is 7.21. The minimum atomic E-state index is -0.595. The molecule has 2 aromatic rings. The summed E-state index contributed by atoms with van der Waals surface area (Å²) < 4.78 is 5.35. The molecule has 0 amide bonds. The predicted molar refractivity (Wildman–Crippen MR) is 86.9 cm³/mol. The number of carbonyl (C=O) groups excluding carboxylic acids is 1.